The normalized spacial score (nSPS) is 11.2. The Hall–Kier alpha value is -2.75. The molecule has 0 aliphatic rings. The fourth-order valence-corrected chi connectivity index (χ4v) is 2.19. The minimum Gasteiger partial charge on any atom is -0.477 e. The van der Waals surface area contributed by atoms with Gasteiger partial charge in [0.1, 0.15) is 12.3 Å². The molecule has 0 atom stereocenters. The summed E-state index contributed by atoms with van der Waals surface area (Å²) in [6, 6.07) is 6.36. The minimum atomic E-state index is -4.63. The number of ether oxygens (including phenoxy) is 1. The third kappa shape index (κ3) is 5.66. The summed E-state index contributed by atoms with van der Waals surface area (Å²) in [5.41, 5.74) is -0.501. The Labute approximate surface area is 150 Å². The van der Waals surface area contributed by atoms with E-state index in [1.807, 2.05) is 0 Å². The van der Waals surface area contributed by atoms with Gasteiger partial charge in [0.15, 0.2) is 12.4 Å². The second kappa shape index (κ2) is 8.09. The lowest BCUT2D eigenvalue weighted by atomic mass is 10.3. The molecule has 1 heterocycles. The summed E-state index contributed by atoms with van der Waals surface area (Å²) in [5, 5.41) is 11.0. The Morgan fingerprint density at radius 3 is 2.65 bits per heavy atom. The van der Waals surface area contributed by atoms with Crippen LogP contribution in [-0.2, 0) is 11.3 Å². The van der Waals surface area contributed by atoms with Crippen LogP contribution >= 0.6 is 11.6 Å². The number of halogens is 4. The molecule has 1 amide bonds. The van der Waals surface area contributed by atoms with Crippen LogP contribution in [0.15, 0.2) is 41.0 Å². The highest BCUT2D eigenvalue weighted by atomic mass is 35.5. The lowest BCUT2D eigenvalue weighted by Gasteiger charge is -2.23. The van der Waals surface area contributed by atoms with Crippen molar-refractivity contribution in [1.82, 2.24) is 4.90 Å². The number of hydrogen-bond donors (Lipinski definition) is 0. The van der Waals surface area contributed by atoms with Gasteiger partial charge in [-0.2, -0.15) is 13.2 Å². The molecule has 1 aromatic heterocycles. The van der Waals surface area contributed by atoms with E-state index in [0.717, 1.165) is 12.1 Å². The number of hydrogen-bond acceptors (Lipinski definition) is 5. The monoisotopic (exact) mass is 392 g/mol. The van der Waals surface area contributed by atoms with E-state index in [-0.39, 0.29) is 16.5 Å². The second-order valence-electron chi connectivity index (χ2n) is 5.10. The van der Waals surface area contributed by atoms with Crippen molar-refractivity contribution in [3.05, 3.63) is 57.5 Å². The van der Waals surface area contributed by atoms with Crippen LogP contribution in [0.25, 0.3) is 0 Å². The Kier molecular flexibility index (Phi) is 6.09. The fourth-order valence-electron chi connectivity index (χ4n) is 2.03. The molecular formula is C15H12ClF3N2O5. The van der Waals surface area contributed by atoms with E-state index < -0.39 is 42.4 Å². The number of carbonyl (C=O) groups excluding carboxylic acids is 1. The Bertz CT molecular complexity index is 780. The fraction of sp³-hybridized carbons (Fsp3) is 0.267. The van der Waals surface area contributed by atoms with Crippen molar-refractivity contribution < 1.29 is 32.0 Å². The van der Waals surface area contributed by atoms with Crippen molar-refractivity contribution in [3.63, 3.8) is 0 Å². The zero-order chi connectivity index (χ0) is 19.3. The number of rotatable bonds is 7. The van der Waals surface area contributed by atoms with E-state index in [1.54, 1.807) is 0 Å². The number of nitro groups is 1. The maximum atomic E-state index is 12.7. The molecule has 0 unspecified atom stereocenters. The highest BCUT2D eigenvalue weighted by Gasteiger charge is 2.33. The van der Waals surface area contributed by atoms with Crippen LogP contribution in [0.1, 0.15) is 5.76 Å². The molecule has 0 bridgehead atoms. The van der Waals surface area contributed by atoms with Gasteiger partial charge in [0.2, 0.25) is 0 Å². The first-order valence-electron chi connectivity index (χ1n) is 7.09. The van der Waals surface area contributed by atoms with Crippen molar-refractivity contribution in [3.8, 4) is 5.75 Å². The molecule has 0 aliphatic heterocycles. The van der Waals surface area contributed by atoms with Crippen LogP contribution in [0.3, 0.4) is 0 Å². The largest absolute Gasteiger partial charge is 0.477 e. The molecule has 26 heavy (non-hydrogen) atoms. The van der Waals surface area contributed by atoms with Crippen LogP contribution in [0.2, 0.25) is 5.02 Å². The molecule has 0 radical (unpaired) electrons. The summed E-state index contributed by atoms with van der Waals surface area (Å²) in [6.45, 7) is -2.75. The Balaban J connectivity index is 2.10. The number of nitrogens with zero attached hydrogens (tertiary/aromatic N) is 2. The summed E-state index contributed by atoms with van der Waals surface area (Å²) in [6.07, 6.45) is -3.37. The lowest BCUT2D eigenvalue weighted by molar-refractivity contribution is -0.385. The van der Waals surface area contributed by atoms with Crippen molar-refractivity contribution in [2.24, 2.45) is 0 Å². The predicted octanol–water partition coefficient (Wildman–Crippen LogP) is 3.81. The summed E-state index contributed by atoms with van der Waals surface area (Å²) in [5.74, 6) is -1.14. The molecule has 7 nitrogen and oxygen atoms in total. The van der Waals surface area contributed by atoms with Crippen LogP contribution < -0.4 is 4.74 Å². The van der Waals surface area contributed by atoms with Crippen LogP contribution in [-0.4, -0.2) is 35.1 Å². The smallest absolute Gasteiger partial charge is 0.406 e. The molecule has 0 aliphatic carbocycles. The Morgan fingerprint density at radius 2 is 2.08 bits per heavy atom. The van der Waals surface area contributed by atoms with E-state index in [2.05, 4.69) is 0 Å². The number of amides is 1. The Morgan fingerprint density at radius 1 is 1.35 bits per heavy atom. The van der Waals surface area contributed by atoms with Crippen LogP contribution in [0, 0.1) is 10.1 Å². The number of benzene rings is 1. The molecule has 140 valence electrons. The second-order valence-corrected chi connectivity index (χ2v) is 5.54. The van der Waals surface area contributed by atoms with E-state index in [0.29, 0.717) is 4.90 Å². The van der Waals surface area contributed by atoms with Gasteiger partial charge >= 0.3 is 11.9 Å². The van der Waals surface area contributed by atoms with Crippen molar-refractivity contribution in [2.75, 3.05) is 13.2 Å². The molecule has 0 fully saturated rings. The average molecular weight is 393 g/mol. The zero-order valence-electron chi connectivity index (χ0n) is 13.0. The first-order valence-corrected chi connectivity index (χ1v) is 7.47. The van der Waals surface area contributed by atoms with Gasteiger partial charge in [0.05, 0.1) is 17.7 Å². The summed E-state index contributed by atoms with van der Waals surface area (Å²) in [4.78, 5) is 22.8. The van der Waals surface area contributed by atoms with Gasteiger partial charge < -0.3 is 14.1 Å². The molecule has 11 heteroatoms. The van der Waals surface area contributed by atoms with Gasteiger partial charge in [-0.05, 0) is 24.3 Å². The first-order chi connectivity index (χ1) is 12.2. The standard InChI is InChI=1S/C15H12ClF3N2O5/c16-10-3-4-13(12(6-10)21(23)24)26-8-14(22)20(9-15(17,18)19)7-11-2-1-5-25-11/h1-6H,7-9H2. The van der Waals surface area contributed by atoms with Gasteiger partial charge in [-0.25, -0.2) is 0 Å². The molecule has 0 saturated heterocycles. The van der Waals surface area contributed by atoms with Crippen molar-refractivity contribution >= 4 is 23.2 Å². The first kappa shape index (κ1) is 19.6. The number of alkyl halides is 3. The lowest BCUT2D eigenvalue weighted by Crippen LogP contribution is -2.40. The summed E-state index contributed by atoms with van der Waals surface area (Å²) >= 11 is 5.66. The molecule has 0 N–H and O–H groups in total. The highest BCUT2D eigenvalue weighted by Crippen LogP contribution is 2.30. The van der Waals surface area contributed by atoms with Gasteiger partial charge in [0, 0.05) is 11.1 Å². The third-order valence-electron chi connectivity index (χ3n) is 3.12. The average Bonchev–Trinajstić information content (AvgIpc) is 3.04. The van der Waals surface area contributed by atoms with Crippen LogP contribution in [0.4, 0.5) is 18.9 Å². The topological polar surface area (TPSA) is 85.8 Å². The molecule has 0 saturated carbocycles. The van der Waals surface area contributed by atoms with Crippen molar-refractivity contribution in [2.45, 2.75) is 12.7 Å². The zero-order valence-corrected chi connectivity index (χ0v) is 13.8. The highest BCUT2D eigenvalue weighted by molar-refractivity contribution is 6.30. The van der Waals surface area contributed by atoms with Gasteiger partial charge in [-0.1, -0.05) is 11.6 Å². The number of nitro benzene ring substituents is 1. The van der Waals surface area contributed by atoms with E-state index in [9.17, 15) is 28.1 Å². The molecular weight excluding hydrogens is 381 g/mol. The SMILES string of the molecule is O=C(COc1ccc(Cl)cc1[N+](=O)[O-])N(Cc1ccco1)CC(F)(F)F. The molecule has 0 spiro atoms. The molecule has 2 rings (SSSR count). The van der Waals surface area contributed by atoms with Gasteiger partial charge in [-0.3, -0.25) is 14.9 Å². The van der Waals surface area contributed by atoms with Crippen LogP contribution in [0.5, 0.6) is 5.75 Å². The van der Waals surface area contributed by atoms with Crippen molar-refractivity contribution in [1.29, 1.82) is 0 Å². The summed E-state index contributed by atoms with van der Waals surface area (Å²) in [7, 11) is 0. The van der Waals surface area contributed by atoms with E-state index in [1.165, 1.54) is 24.5 Å². The molecule has 1 aromatic carbocycles. The minimum absolute atomic E-state index is 0.0758. The van der Waals surface area contributed by atoms with E-state index in [4.69, 9.17) is 20.8 Å². The summed E-state index contributed by atoms with van der Waals surface area (Å²) < 4.78 is 48.1. The molecule has 2 aromatic rings. The van der Waals surface area contributed by atoms with Gasteiger partial charge in [0.25, 0.3) is 5.91 Å². The maximum Gasteiger partial charge on any atom is 0.406 e. The number of carbonyl (C=O) groups is 1. The van der Waals surface area contributed by atoms with E-state index >= 15 is 0 Å². The third-order valence-corrected chi connectivity index (χ3v) is 3.35. The number of furan rings is 1. The predicted molar refractivity (Wildman–Crippen MR) is 83.8 cm³/mol. The quantitative estimate of drug-likeness (QED) is 0.528. The maximum absolute atomic E-state index is 12.7. The van der Waals surface area contributed by atoms with Gasteiger partial charge in [-0.15, -0.1) is 0 Å².